The van der Waals surface area contributed by atoms with E-state index in [2.05, 4.69) is 34.9 Å². The lowest BCUT2D eigenvalue weighted by molar-refractivity contribution is 0.443. The second-order valence-corrected chi connectivity index (χ2v) is 5.89. The summed E-state index contributed by atoms with van der Waals surface area (Å²) in [6.45, 7) is 1.51. The summed E-state index contributed by atoms with van der Waals surface area (Å²) in [5.74, 6) is 0.757. The molecule has 1 aliphatic rings. The predicted octanol–water partition coefficient (Wildman–Crippen LogP) is 3.37. The molecule has 20 heavy (non-hydrogen) atoms. The Balaban J connectivity index is 1.83. The van der Waals surface area contributed by atoms with Gasteiger partial charge in [-0.05, 0) is 61.6 Å². The second kappa shape index (κ2) is 8.22. The van der Waals surface area contributed by atoms with Crippen molar-refractivity contribution in [1.29, 1.82) is 0 Å². The minimum Gasteiger partial charge on any atom is -0.362 e. The van der Waals surface area contributed by atoms with Gasteiger partial charge in [-0.1, -0.05) is 31.4 Å². The molecule has 0 amide bonds. The largest absolute Gasteiger partial charge is 0.362 e. The summed E-state index contributed by atoms with van der Waals surface area (Å²) in [6, 6.07) is 8.73. The Morgan fingerprint density at radius 1 is 1.15 bits per heavy atom. The lowest BCUT2D eigenvalue weighted by atomic mass is 9.84. The molecule has 0 aromatic heterocycles. The zero-order valence-corrected chi connectivity index (χ0v) is 12.8. The Morgan fingerprint density at radius 2 is 1.85 bits per heavy atom. The van der Waals surface area contributed by atoms with Gasteiger partial charge in [0.1, 0.15) is 0 Å². The second-order valence-electron chi connectivity index (χ2n) is 5.48. The van der Waals surface area contributed by atoms with Crippen molar-refractivity contribution in [2.45, 2.75) is 44.4 Å². The molecule has 0 unspecified atom stereocenters. The molecule has 0 bridgehead atoms. The van der Waals surface area contributed by atoms with E-state index in [-0.39, 0.29) is 0 Å². The van der Waals surface area contributed by atoms with Crippen LogP contribution >= 0.6 is 12.2 Å². The summed E-state index contributed by atoms with van der Waals surface area (Å²) in [6.07, 6.45) is 7.76. The Bertz CT molecular complexity index is 410. The van der Waals surface area contributed by atoms with Crippen molar-refractivity contribution >= 4 is 23.0 Å². The van der Waals surface area contributed by atoms with Gasteiger partial charge in [-0.3, -0.25) is 0 Å². The first-order valence-electron chi connectivity index (χ1n) is 7.64. The van der Waals surface area contributed by atoms with E-state index in [1.807, 2.05) is 0 Å². The molecule has 0 atom stereocenters. The first-order chi connectivity index (χ1) is 9.79. The molecule has 0 heterocycles. The molecule has 0 aliphatic heterocycles. The highest BCUT2D eigenvalue weighted by molar-refractivity contribution is 7.80. The van der Waals surface area contributed by atoms with E-state index < -0.39 is 0 Å². The van der Waals surface area contributed by atoms with Crippen molar-refractivity contribution in [2.75, 3.05) is 18.4 Å². The van der Waals surface area contributed by atoms with Crippen LogP contribution in [0.2, 0.25) is 0 Å². The highest BCUT2D eigenvalue weighted by atomic mass is 32.1. The van der Waals surface area contributed by atoms with E-state index in [0.29, 0.717) is 11.7 Å². The number of hydrogen-bond acceptors (Lipinski definition) is 2. The van der Waals surface area contributed by atoms with Crippen molar-refractivity contribution in [3.8, 4) is 0 Å². The highest BCUT2D eigenvalue weighted by Crippen LogP contribution is 2.32. The van der Waals surface area contributed by atoms with E-state index in [1.165, 1.54) is 37.7 Å². The van der Waals surface area contributed by atoms with Crippen molar-refractivity contribution in [3.63, 3.8) is 0 Å². The normalized spacial score (nSPS) is 15.8. The maximum Gasteiger partial charge on any atom is 0.170 e. The fourth-order valence-electron chi connectivity index (χ4n) is 2.75. The molecule has 1 aromatic rings. The lowest BCUT2D eigenvalue weighted by Gasteiger charge is -2.22. The van der Waals surface area contributed by atoms with E-state index in [0.717, 1.165) is 24.6 Å². The molecule has 4 heteroatoms. The summed E-state index contributed by atoms with van der Waals surface area (Å²) in [5.41, 5.74) is 7.97. The molecule has 2 rings (SSSR count). The van der Waals surface area contributed by atoms with Crippen LogP contribution in [0.3, 0.4) is 0 Å². The van der Waals surface area contributed by atoms with Crippen LogP contribution in [-0.2, 0) is 0 Å². The van der Waals surface area contributed by atoms with Crippen molar-refractivity contribution < 1.29 is 0 Å². The molecule has 1 saturated carbocycles. The molecule has 1 aromatic carbocycles. The van der Waals surface area contributed by atoms with Crippen LogP contribution in [0.15, 0.2) is 24.3 Å². The van der Waals surface area contributed by atoms with Gasteiger partial charge >= 0.3 is 0 Å². The Kier molecular flexibility index (Phi) is 6.27. The lowest BCUT2D eigenvalue weighted by Crippen LogP contribution is -2.30. The van der Waals surface area contributed by atoms with Gasteiger partial charge in [0.15, 0.2) is 5.11 Å². The number of anilines is 1. The summed E-state index contributed by atoms with van der Waals surface area (Å²) >= 11 is 5.24. The smallest absolute Gasteiger partial charge is 0.170 e. The number of hydrogen-bond donors (Lipinski definition) is 3. The van der Waals surface area contributed by atoms with E-state index >= 15 is 0 Å². The third-order valence-corrected chi connectivity index (χ3v) is 4.16. The van der Waals surface area contributed by atoms with Crippen LogP contribution in [0.5, 0.6) is 0 Å². The molecule has 0 radical (unpaired) electrons. The summed E-state index contributed by atoms with van der Waals surface area (Å²) < 4.78 is 0. The minimum atomic E-state index is 0.670. The monoisotopic (exact) mass is 291 g/mol. The Labute approximate surface area is 127 Å². The molecule has 110 valence electrons. The number of rotatable bonds is 5. The van der Waals surface area contributed by atoms with Crippen LogP contribution in [0, 0.1) is 0 Å². The molecule has 0 saturated heterocycles. The van der Waals surface area contributed by atoms with Gasteiger partial charge in [-0.15, -0.1) is 0 Å². The van der Waals surface area contributed by atoms with Crippen LogP contribution < -0.4 is 16.4 Å². The van der Waals surface area contributed by atoms with Crippen molar-refractivity contribution in [2.24, 2.45) is 5.73 Å². The topological polar surface area (TPSA) is 50.1 Å². The number of thiocarbonyl (C=S) groups is 1. The number of nitrogens with two attached hydrogens (primary N) is 1. The summed E-state index contributed by atoms with van der Waals surface area (Å²) in [4.78, 5) is 0. The quantitative estimate of drug-likeness (QED) is 0.575. The minimum absolute atomic E-state index is 0.670. The van der Waals surface area contributed by atoms with Gasteiger partial charge in [-0.2, -0.15) is 0 Å². The van der Waals surface area contributed by atoms with Gasteiger partial charge in [0, 0.05) is 12.2 Å². The average molecular weight is 291 g/mol. The van der Waals surface area contributed by atoms with E-state index in [9.17, 15) is 0 Å². The van der Waals surface area contributed by atoms with Crippen molar-refractivity contribution in [3.05, 3.63) is 29.8 Å². The Hall–Kier alpha value is -1.13. The van der Waals surface area contributed by atoms with Gasteiger partial charge in [0.05, 0.1) is 0 Å². The van der Waals surface area contributed by atoms with Crippen LogP contribution in [0.25, 0.3) is 0 Å². The molecule has 0 spiro atoms. The van der Waals surface area contributed by atoms with Crippen LogP contribution in [-0.4, -0.2) is 18.2 Å². The SMILES string of the molecule is NCCCNC(=S)Nc1ccc(C2CCCCC2)cc1. The predicted molar refractivity (Wildman–Crippen MR) is 90.2 cm³/mol. The molecule has 3 nitrogen and oxygen atoms in total. The zero-order valence-electron chi connectivity index (χ0n) is 12.0. The summed E-state index contributed by atoms with van der Waals surface area (Å²) in [5, 5.41) is 7.03. The first-order valence-corrected chi connectivity index (χ1v) is 8.05. The highest BCUT2D eigenvalue weighted by Gasteiger charge is 2.15. The fraction of sp³-hybridized carbons (Fsp3) is 0.562. The summed E-state index contributed by atoms with van der Waals surface area (Å²) in [7, 11) is 0. The standard InChI is InChI=1S/C16H25N3S/c17-11-4-12-18-16(20)19-15-9-7-14(8-10-15)13-5-2-1-3-6-13/h7-10,13H,1-6,11-12,17H2,(H2,18,19,20). The molecular weight excluding hydrogens is 266 g/mol. The first kappa shape index (κ1) is 15.3. The number of benzene rings is 1. The average Bonchev–Trinajstić information content (AvgIpc) is 2.49. The molecule has 1 aliphatic carbocycles. The van der Waals surface area contributed by atoms with E-state index in [4.69, 9.17) is 18.0 Å². The van der Waals surface area contributed by atoms with Crippen molar-refractivity contribution in [1.82, 2.24) is 5.32 Å². The van der Waals surface area contributed by atoms with Gasteiger partial charge < -0.3 is 16.4 Å². The van der Waals surface area contributed by atoms with Gasteiger partial charge in [-0.25, -0.2) is 0 Å². The van der Waals surface area contributed by atoms with E-state index in [1.54, 1.807) is 0 Å². The van der Waals surface area contributed by atoms with Gasteiger partial charge in [0.25, 0.3) is 0 Å². The maximum atomic E-state index is 5.45. The van der Waals surface area contributed by atoms with Crippen LogP contribution in [0.1, 0.15) is 50.0 Å². The molecular formula is C16H25N3S. The van der Waals surface area contributed by atoms with Crippen LogP contribution in [0.4, 0.5) is 5.69 Å². The Morgan fingerprint density at radius 3 is 2.50 bits per heavy atom. The third kappa shape index (κ3) is 4.76. The zero-order chi connectivity index (χ0) is 14.2. The van der Waals surface area contributed by atoms with Gasteiger partial charge in [0.2, 0.25) is 0 Å². The third-order valence-electron chi connectivity index (χ3n) is 3.91. The number of nitrogens with one attached hydrogen (secondary N) is 2. The molecule has 1 fully saturated rings. The molecule has 4 N–H and O–H groups in total. The fourth-order valence-corrected chi connectivity index (χ4v) is 2.97. The maximum absolute atomic E-state index is 5.45.